The fraction of sp³-hybridized carbons (Fsp3) is 0.833. The first-order valence-corrected chi connectivity index (χ1v) is 9.98. The molecule has 15 N–H and O–H groups in total. The van der Waals surface area contributed by atoms with Crippen LogP contribution in [0.25, 0.3) is 0 Å². The molecule has 0 aliphatic carbocycles. The number of hydrogen-bond acceptors (Lipinski definition) is 18. The summed E-state index contributed by atoms with van der Waals surface area (Å²) >= 11 is 0. The van der Waals surface area contributed by atoms with Crippen molar-refractivity contribution in [2.75, 3.05) is 39.6 Å². The van der Waals surface area contributed by atoms with E-state index in [4.69, 9.17) is 76.6 Å². The largest absolute Gasteiger partial charge is 0.394 e. The molecule has 18 heteroatoms. The smallest absolute Gasteiger partial charge is 0.189 e. The van der Waals surface area contributed by atoms with E-state index in [1.54, 1.807) is 0 Å². The van der Waals surface area contributed by atoms with Gasteiger partial charge in [-0.1, -0.05) is 0 Å². The van der Waals surface area contributed by atoms with Gasteiger partial charge in [-0.2, -0.15) is 0 Å². The number of Topliss-reactive ketones (excluding diaryl/α,β-unsaturated/α-hetero) is 3. The number of aliphatic hydroxyl groups excluding tert-OH is 15. The van der Waals surface area contributed by atoms with Gasteiger partial charge in [-0.3, -0.25) is 14.4 Å². The molecule has 0 radical (unpaired) electrons. The van der Waals surface area contributed by atoms with Gasteiger partial charge in [0.15, 0.2) is 17.3 Å². The molecule has 216 valence electrons. The Hall–Kier alpha value is -1.59. The third kappa shape index (κ3) is 14.8. The summed E-state index contributed by atoms with van der Waals surface area (Å²) in [6.45, 7) is -5.06. The molecular weight excluding hydrogens is 504 g/mol. The molecule has 36 heavy (non-hydrogen) atoms. The first-order chi connectivity index (χ1) is 16.6. The number of aliphatic hydroxyl groups is 15. The van der Waals surface area contributed by atoms with E-state index < -0.39 is 112 Å². The SMILES string of the molecule is O=C(CO)[C@H](O)[C@@H](O)[C@H](O)CO.O=C(CO)[C@H](O)[C@@H](O)[C@H](O)CO.O=C(CO)[C@H](O)[C@@H](O)[C@H](O)CO. The van der Waals surface area contributed by atoms with E-state index >= 15 is 0 Å². The predicted molar refractivity (Wildman–Crippen MR) is 112 cm³/mol. The summed E-state index contributed by atoms with van der Waals surface area (Å²) in [5, 5.41) is 129. The summed E-state index contributed by atoms with van der Waals surface area (Å²) in [6.07, 6.45) is -15.7. The van der Waals surface area contributed by atoms with Crippen molar-refractivity contribution in [3.05, 3.63) is 0 Å². The summed E-state index contributed by atoms with van der Waals surface area (Å²) < 4.78 is 0. The van der Waals surface area contributed by atoms with Crippen LogP contribution in [-0.4, -0.2) is 189 Å². The maximum absolute atomic E-state index is 10.5. The van der Waals surface area contributed by atoms with Gasteiger partial charge in [0.2, 0.25) is 0 Å². The van der Waals surface area contributed by atoms with Crippen LogP contribution >= 0.6 is 0 Å². The van der Waals surface area contributed by atoms with Gasteiger partial charge in [0.25, 0.3) is 0 Å². The molecule has 0 spiro atoms. The molecule has 0 saturated heterocycles. The van der Waals surface area contributed by atoms with E-state index in [1.807, 2.05) is 0 Å². The van der Waals surface area contributed by atoms with Crippen molar-refractivity contribution in [2.24, 2.45) is 0 Å². The average Bonchev–Trinajstić information content (AvgIpc) is 2.92. The summed E-state index contributed by atoms with van der Waals surface area (Å²) in [5.41, 5.74) is 0. The van der Waals surface area contributed by atoms with Crippen LogP contribution in [0.2, 0.25) is 0 Å². The van der Waals surface area contributed by atoms with Crippen LogP contribution in [0.5, 0.6) is 0 Å². The minimum atomic E-state index is -1.86. The predicted octanol–water partition coefficient (Wildman–Crippen LogP) is -10.1. The summed E-state index contributed by atoms with van der Waals surface area (Å²) in [6, 6.07) is 0. The van der Waals surface area contributed by atoms with Gasteiger partial charge < -0.3 is 76.6 Å². The van der Waals surface area contributed by atoms with Gasteiger partial charge in [-0.05, 0) is 0 Å². The van der Waals surface area contributed by atoms with Crippen molar-refractivity contribution in [3.63, 3.8) is 0 Å². The van der Waals surface area contributed by atoms with Gasteiger partial charge in [0.1, 0.15) is 74.8 Å². The zero-order chi connectivity index (χ0) is 29.2. The molecule has 0 bridgehead atoms. The van der Waals surface area contributed by atoms with Crippen LogP contribution in [0.3, 0.4) is 0 Å². The Labute approximate surface area is 203 Å². The second-order valence-electron chi connectivity index (χ2n) is 6.93. The van der Waals surface area contributed by atoms with Crippen LogP contribution < -0.4 is 0 Å². The van der Waals surface area contributed by atoms with Gasteiger partial charge in [-0.25, -0.2) is 0 Å². The Bertz CT molecular complexity index is 522. The average molecular weight is 540 g/mol. The molecule has 0 aliphatic heterocycles. The minimum Gasteiger partial charge on any atom is -0.394 e. The number of carbonyl (C=O) groups excluding carboxylic acids is 3. The second kappa shape index (κ2) is 21.5. The second-order valence-corrected chi connectivity index (χ2v) is 6.93. The fourth-order valence-electron chi connectivity index (χ4n) is 1.81. The van der Waals surface area contributed by atoms with Crippen LogP contribution in [0, 0.1) is 0 Å². The lowest BCUT2D eigenvalue weighted by Gasteiger charge is -2.19. The Morgan fingerprint density at radius 2 is 0.556 bits per heavy atom. The highest BCUT2D eigenvalue weighted by Crippen LogP contribution is 2.02. The van der Waals surface area contributed by atoms with Crippen LogP contribution in [-0.2, 0) is 14.4 Å². The Morgan fingerprint density at radius 3 is 0.667 bits per heavy atom. The van der Waals surface area contributed by atoms with Gasteiger partial charge in [0, 0.05) is 0 Å². The van der Waals surface area contributed by atoms with E-state index in [1.165, 1.54) is 0 Å². The number of carbonyl (C=O) groups is 3. The Morgan fingerprint density at radius 1 is 0.389 bits per heavy atom. The van der Waals surface area contributed by atoms with E-state index in [-0.39, 0.29) is 0 Å². The first-order valence-electron chi connectivity index (χ1n) is 9.98. The normalized spacial score (nSPS) is 18.4. The third-order valence-electron chi connectivity index (χ3n) is 4.17. The molecule has 0 rings (SSSR count). The number of rotatable bonds is 15. The first kappa shape index (κ1) is 38.9. The summed E-state index contributed by atoms with van der Waals surface area (Å²) in [7, 11) is 0. The van der Waals surface area contributed by atoms with E-state index in [9.17, 15) is 14.4 Å². The Balaban J connectivity index is -0.000000454. The van der Waals surface area contributed by atoms with Gasteiger partial charge >= 0.3 is 0 Å². The van der Waals surface area contributed by atoms with Crippen LogP contribution in [0.15, 0.2) is 0 Å². The van der Waals surface area contributed by atoms with Crippen molar-refractivity contribution in [1.29, 1.82) is 0 Å². The molecule has 0 aromatic carbocycles. The molecule has 0 saturated carbocycles. The highest BCUT2D eigenvalue weighted by atomic mass is 16.4. The molecular formula is C18H36O18. The third-order valence-corrected chi connectivity index (χ3v) is 4.17. The molecule has 0 amide bonds. The fourth-order valence-corrected chi connectivity index (χ4v) is 1.81. The molecule has 0 aliphatic rings. The van der Waals surface area contributed by atoms with Crippen LogP contribution in [0.1, 0.15) is 0 Å². The standard InChI is InChI=1S/3C6H12O6/c3*7-1-3(9)5(11)6(12)4(10)2-8/h3*3,5-9,11-12H,1-2H2/t3*3-,5+,6+/m111/s1. The molecule has 9 atom stereocenters. The molecule has 18 nitrogen and oxygen atoms in total. The van der Waals surface area contributed by atoms with Gasteiger partial charge in [-0.15, -0.1) is 0 Å². The lowest BCUT2D eigenvalue weighted by Crippen LogP contribution is -2.44. The van der Waals surface area contributed by atoms with Crippen molar-refractivity contribution in [2.45, 2.75) is 54.9 Å². The minimum absolute atomic E-state index is 0.767. The van der Waals surface area contributed by atoms with Crippen molar-refractivity contribution >= 4 is 17.3 Å². The summed E-state index contributed by atoms with van der Waals surface area (Å²) in [5.74, 6) is -3.01. The van der Waals surface area contributed by atoms with E-state index in [0.29, 0.717) is 0 Å². The highest BCUT2D eigenvalue weighted by Gasteiger charge is 2.30. The molecule has 0 aromatic rings. The molecule has 0 aromatic heterocycles. The number of ketones is 3. The maximum atomic E-state index is 10.5. The zero-order valence-corrected chi connectivity index (χ0v) is 18.9. The van der Waals surface area contributed by atoms with Crippen molar-refractivity contribution in [1.82, 2.24) is 0 Å². The lowest BCUT2D eigenvalue weighted by atomic mass is 10.1. The van der Waals surface area contributed by atoms with Crippen molar-refractivity contribution < 1.29 is 91.0 Å². The molecule has 0 heterocycles. The van der Waals surface area contributed by atoms with Crippen molar-refractivity contribution in [3.8, 4) is 0 Å². The monoisotopic (exact) mass is 540 g/mol. The topological polar surface area (TPSA) is 355 Å². The number of hydrogen-bond donors (Lipinski definition) is 15. The summed E-state index contributed by atoms with van der Waals surface area (Å²) in [4.78, 5) is 31.6. The van der Waals surface area contributed by atoms with E-state index in [2.05, 4.69) is 0 Å². The van der Waals surface area contributed by atoms with E-state index in [0.717, 1.165) is 0 Å². The lowest BCUT2D eigenvalue weighted by molar-refractivity contribution is -0.143. The highest BCUT2D eigenvalue weighted by molar-refractivity contribution is 5.85. The Kier molecular flexibility index (Phi) is 23.2. The van der Waals surface area contributed by atoms with Gasteiger partial charge in [0.05, 0.1) is 19.8 Å². The molecule has 0 unspecified atom stereocenters. The zero-order valence-electron chi connectivity index (χ0n) is 18.9. The quantitative estimate of drug-likeness (QED) is 0.0915. The molecule has 0 fully saturated rings. The maximum Gasteiger partial charge on any atom is 0.189 e. The van der Waals surface area contributed by atoms with Crippen LogP contribution in [0.4, 0.5) is 0 Å².